The van der Waals surface area contributed by atoms with Crippen LogP contribution < -0.4 is 0 Å². The summed E-state index contributed by atoms with van der Waals surface area (Å²) in [4.78, 5) is 3.86. The van der Waals surface area contributed by atoms with Gasteiger partial charge in [-0.3, -0.25) is 5.10 Å². The fraction of sp³-hybridized carbons (Fsp3) is 0.143. The van der Waals surface area contributed by atoms with Gasteiger partial charge in [-0.15, -0.1) is 11.3 Å². The van der Waals surface area contributed by atoms with Crippen LogP contribution in [0.2, 0.25) is 0 Å². The van der Waals surface area contributed by atoms with Crippen LogP contribution in [0.15, 0.2) is 17.6 Å². The van der Waals surface area contributed by atoms with Gasteiger partial charge in [0.1, 0.15) is 10.3 Å². The Balaban J connectivity index is 2.52. The Hall–Kier alpha value is -1.15. The summed E-state index contributed by atoms with van der Waals surface area (Å²) in [6.07, 6.45) is -2.92. The number of aromatic amines is 1. The molecule has 0 unspecified atom stereocenters. The van der Waals surface area contributed by atoms with Gasteiger partial charge in [0.2, 0.25) is 5.13 Å². The number of alkyl halides is 3. The number of halogens is 3. The van der Waals surface area contributed by atoms with Crippen molar-refractivity contribution in [3.63, 3.8) is 0 Å². The molecule has 0 saturated heterocycles. The summed E-state index contributed by atoms with van der Waals surface area (Å²) >= 11 is 5.99. The highest BCUT2D eigenvalue weighted by Gasteiger charge is 2.33. The molecule has 2 aromatic heterocycles. The summed E-state index contributed by atoms with van der Waals surface area (Å²) in [6.45, 7) is 0. The second kappa shape index (κ2) is 3.46. The van der Waals surface area contributed by atoms with E-state index in [0.717, 1.165) is 10.7 Å². The third kappa shape index (κ3) is 1.95. The van der Waals surface area contributed by atoms with Crippen LogP contribution in [0.25, 0.3) is 5.13 Å². The normalized spacial score (nSPS) is 11.9. The van der Waals surface area contributed by atoms with Crippen LogP contribution in [0, 0.1) is 4.64 Å². The molecule has 0 atom stereocenters. The van der Waals surface area contributed by atoms with Gasteiger partial charge in [0, 0.05) is 17.6 Å². The van der Waals surface area contributed by atoms with Crippen LogP contribution in [-0.2, 0) is 6.18 Å². The minimum absolute atomic E-state index is 0.0530. The maximum atomic E-state index is 12.3. The summed E-state index contributed by atoms with van der Waals surface area (Å²) in [5, 5.41) is 4.20. The van der Waals surface area contributed by atoms with Gasteiger partial charge < -0.3 is 0 Å². The molecule has 0 bridgehead atoms. The molecule has 0 aromatic carbocycles. The molecule has 2 rings (SSSR count). The van der Waals surface area contributed by atoms with E-state index in [1.165, 1.54) is 17.5 Å². The van der Waals surface area contributed by atoms with E-state index in [2.05, 4.69) is 10.1 Å². The Kier molecular flexibility index (Phi) is 2.39. The van der Waals surface area contributed by atoms with Gasteiger partial charge in [-0.2, -0.15) is 13.2 Å². The molecule has 0 fully saturated rings. The number of nitrogens with one attached hydrogen (secondary N) is 1. The van der Waals surface area contributed by atoms with Crippen molar-refractivity contribution in [2.45, 2.75) is 6.18 Å². The topological polar surface area (TPSA) is 33.6 Å². The van der Waals surface area contributed by atoms with Crippen LogP contribution in [0.3, 0.4) is 0 Å². The Morgan fingerprint density at radius 2 is 2.20 bits per heavy atom. The predicted molar refractivity (Wildman–Crippen MR) is 51.6 cm³/mol. The molecule has 80 valence electrons. The molecular formula is C7H4F3N3S2. The van der Waals surface area contributed by atoms with E-state index in [9.17, 15) is 13.2 Å². The fourth-order valence-electron chi connectivity index (χ4n) is 1.01. The maximum Gasteiger partial charge on any atom is 0.432 e. The molecule has 0 saturated carbocycles. The molecule has 8 heteroatoms. The van der Waals surface area contributed by atoms with Crippen molar-refractivity contribution < 1.29 is 13.2 Å². The van der Waals surface area contributed by atoms with E-state index >= 15 is 0 Å². The smallest absolute Gasteiger partial charge is 0.286 e. The van der Waals surface area contributed by atoms with E-state index in [4.69, 9.17) is 12.2 Å². The van der Waals surface area contributed by atoms with Crippen LogP contribution >= 0.6 is 23.6 Å². The molecule has 0 amide bonds. The number of thiazole rings is 1. The highest BCUT2D eigenvalue weighted by Crippen LogP contribution is 2.28. The van der Waals surface area contributed by atoms with Crippen molar-refractivity contribution in [1.29, 1.82) is 0 Å². The average Bonchev–Trinajstić information content (AvgIpc) is 2.69. The van der Waals surface area contributed by atoms with E-state index < -0.39 is 11.9 Å². The lowest BCUT2D eigenvalue weighted by molar-refractivity contribution is -0.141. The van der Waals surface area contributed by atoms with Crippen molar-refractivity contribution in [1.82, 2.24) is 14.8 Å². The zero-order valence-corrected chi connectivity index (χ0v) is 8.71. The van der Waals surface area contributed by atoms with Crippen LogP contribution in [-0.4, -0.2) is 14.8 Å². The molecular weight excluding hydrogens is 247 g/mol. The van der Waals surface area contributed by atoms with Crippen molar-refractivity contribution in [3.8, 4) is 5.13 Å². The van der Waals surface area contributed by atoms with Crippen molar-refractivity contribution >= 4 is 23.6 Å². The van der Waals surface area contributed by atoms with Crippen LogP contribution in [0.5, 0.6) is 0 Å². The molecule has 0 aliphatic rings. The standard InChI is InChI=1S/C7H4F3N3S2/c8-7(9,10)4-3-5(14)13(12-4)6-11-1-2-15-6/h1-3,12H. The minimum atomic E-state index is -4.42. The molecule has 1 N–H and O–H groups in total. The summed E-state index contributed by atoms with van der Waals surface area (Å²) in [5.41, 5.74) is -0.873. The summed E-state index contributed by atoms with van der Waals surface area (Å²) in [5.74, 6) is 0. The van der Waals surface area contributed by atoms with E-state index in [0.29, 0.717) is 5.13 Å². The van der Waals surface area contributed by atoms with Crippen molar-refractivity contribution in [3.05, 3.63) is 28.0 Å². The van der Waals surface area contributed by atoms with E-state index in [1.807, 2.05) is 0 Å². The first kappa shape index (κ1) is 10.4. The molecule has 0 spiro atoms. The zero-order chi connectivity index (χ0) is 11.1. The van der Waals surface area contributed by atoms with Gasteiger partial charge >= 0.3 is 6.18 Å². The molecule has 15 heavy (non-hydrogen) atoms. The predicted octanol–water partition coefficient (Wildman–Crippen LogP) is 3.01. The highest BCUT2D eigenvalue weighted by molar-refractivity contribution is 7.71. The third-order valence-corrected chi connectivity index (χ3v) is 2.69. The first-order valence-corrected chi connectivity index (χ1v) is 5.06. The largest absolute Gasteiger partial charge is 0.432 e. The van der Waals surface area contributed by atoms with Gasteiger partial charge in [0.05, 0.1) is 0 Å². The van der Waals surface area contributed by atoms with Crippen molar-refractivity contribution in [2.24, 2.45) is 0 Å². The Labute approximate surface area is 91.2 Å². The SMILES string of the molecule is FC(F)(F)c1cc(=S)n(-c2nccs2)[nH]1. The summed E-state index contributed by atoms with van der Waals surface area (Å²) in [7, 11) is 0. The zero-order valence-electron chi connectivity index (χ0n) is 7.08. The molecule has 3 nitrogen and oxygen atoms in total. The maximum absolute atomic E-state index is 12.3. The molecule has 2 aromatic rings. The van der Waals surface area contributed by atoms with Crippen LogP contribution in [0.4, 0.5) is 13.2 Å². The lowest BCUT2D eigenvalue weighted by Gasteiger charge is -2.02. The van der Waals surface area contributed by atoms with E-state index in [1.54, 1.807) is 5.38 Å². The third-order valence-electron chi connectivity index (χ3n) is 1.64. The Bertz CT molecular complexity index is 508. The van der Waals surface area contributed by atoms with Gasteiger partial charge in [-0.25, -0.2) is 9.67 Å². The van der Waals surface area contributed by atoms with Gasteiger partial charge in [-0.1, -0.05) is 12.2 Å². The second-order valence-electron chi connectivity index (χ2n) is 2.66. The second-order valence-corrected chi connectivity index (χ2v) is 3.95. The van der Waals surface area contributed by atoms with Gasteiger partial charge in [0.25, 0.3) is 0 Å². The summed E-state index contributed by atoms with van der Waals surface area (Å²) < 4.78 is 38.1. The highest BCUT2D eigenvalue weighted by atomic mass is 32.1. The minimum Gasteiger partial charge on any atom is -0.286 e. The number of hydrogen-bond donors (Lipinski definition) is 1. The van der Waals surface area contributed by atoms with Crippen molar-refractivity contribution in [2.75, 3.05) is 0 Å². The Morgan fingerprint density at radius 3 is 2.67 bits per heavy atom. The summed E-state index contributed by atoms with van der Waals surface area (Å²) in [6, 6.07) is 0.872. The monoisotopic (exact) mass is 251 g/mol. The fourth-order valence-corrected chi connectivity index (χ4v) is 1.93. The Morgan fingerprint density at radius 1 is 1.47 bits per heavy atom. The lowest BCUT2D eigenvalue weighted by Crippen LogP contribution is -2.07. The number of nitrogens with zero attached hydrogens (tertiary/aromatic N) is 2. The first-order chi connectivity index (χ1) is 6.98. The average molecular weight is 251 g/mol. The van der Waals surface area contributed by atoms with Crippen LogP contribution in [0.1, 0.15) is 5.69 Å². The number of H-pyrrole nitrogens is 1. The number of rotatable bonds is 1. The first-order valence-electron chi connectivity index (χ1n) is 3.77. The molecule has 0 radical (unpaired) electrons. The van der Waals surface area contributed by atoms with E-state index in [-0.39, 0.29) is 4.64 Å². The van der Waals surface area contributed by atoms with Gasteiger partial charge in [0.15, 0.2) is 0 Å². The number of aromatic nitrogens is 3. The lowest BCUT2D eigenvalue weighted by atomic mass is 10.4. The molecule has 0 aliphatic heterocycles. The molecule has 0 aliphatic carbocycles. The molecule has 2 heterocycles. The van der Waals surface area contributed by atoms with Gasteiger partial charge in [-0.05, 0) is 0 Å². The quantitative estimate of drug-likeness (QED) is 0.790. The number of hydrogen-bond acceptors (Lipinski definition) is 3.